The number of nitrogens with zero attached hydrogens (tertiary/aromatic N) is 2. The molecule has 1 fully saturated rings. The molecule has 1 aromatic carbocycles. The van der Waals surface area contributed by atoms with Crippen LogP contribution in [0.15, 0.2) is 46.3 Å². The van der Waals surface area contributed by atoms with Crippen molar-refractivity contribution in [3.8, 4) is 0 Å². The summed E-state index contributed by atoms with van der Waals surface area (Å²) in [6.45, 7) is 5.41. The maximum Gasteiger partial charge on any atom is 0.338 e. The molecule has 2 aliphatic rings. The van der Waals surface area contributed by atoms with Gasteiger partial charge in [-0.15, -0.1) is 0 Å². The van der Waals surface area contributed by atoms with Crippen LogP contribution >= 0.6 is 11.8 Å². The summed E-state index contributed by atoms with van der Waals surface area (Å²) in [7, 11) is 0. The molecule has 176 valence electrons. The van der Waals surface area contributed by atoms with Gasteiger partial charge >= 0.3 is 11.9 Å². The van der Waals surface area contributed by atoms with Gasteiger partial charge in [0.05, 0.1) is 45.5 Å². The van der Waals surface area contributed by atoms with E-state index in [1.54, 1.807) is 19.9 Å². The highest BCUT2D eigenvalue weighted by Crippen LogP contribution is 2.50. The first-order valence-electron chi connectivity index (χ1n) is 10.6. The summed E-state index contributed by atoms with van der Waals surface area (Å²) in [5.41, 5.74) is 6.31. The van der Waals surface area contributed by atoms with Crippen LogP contribution in [0.5, 0.6) is 0 Å². The fourth-order valence-electron chi connectivity index (χ4n) is 3.68. The van der Waals surface area contributed by atoms with Gasteiger partial charge in [-0.05, 0) is 25.8 Å². The van der Waals surface area contributed by atoms with Gasteiger partial charge in [0.1, 0.15) is 5.82 Å². The molecule has 1 amide bonds. The Balaban J connectivity index is 2.26. The van der Waals surface area contributed by atoms with Crippen LogP contribution in [0.1, 0.15) is 45.1 Å². The number of nitro groups is 1. The normalized spacial score (nSPS) is 20.1. The number of carbonyl (C=O) groups excluding carboxylic acids is 3. The zero-order valence-electron chi connectivity index (χ0n) is 18.5. The molecule has 10 nitrogen and oxygen atoms in total. The first kappa shape index (κ1) is 24.3. The van der Waals surface area contributed by atoms with Gasteiger partial charge in [0, 0.05) is 12.1 Å². The van der Waals surface area contributed by atoms with Crippen molar-refractivity contribution in [2.75, 3.05) is 13.2 Å². The van der Waals surface area contributed by atoms with Crippen LogP contribution in [-0.2, 0) is 23.9 Å². The Labute approximate surface area is 194 Å². The molecule has 0 unspecified atom stereocenters. The molecule has 2 N–H and O–H groups in total. The number of esters is 2. The van der Waals surface area contributed by atoms with Crippen LogP contribution in [0.25, 0.3) is 0 Å². The molecule has 0 spiro atoms. The van der Waals surface area contributed by atoms with E-state index in [-0.39, 0.29) is 52.4 Å². The van der Waals surface area contributed by atoms with Gasteiger partial charge in [-0.2, -0.15) is 0 Å². The average molecular weight is 476 g/mol. The van der Waals surface area contributed by atoms with E-state index in [4.69, 9.17) is 15.2 Å². The van der Waals surface area contributed by atoms with Crippen molar-refractivity contribution < 1.29 is 28.8 Å². The lowest BCUT2D eigenvalue weighted by Crippen LogP contribution is -2.40. The second-order valence-electron chi connectivity index (χ2n) is 7.45. The van der Waals surface area contributed by atoms with Crippen LogP contribution in [0, 0.1) is 10.1 Å². The number of nitro benzene ring substituents is 1. The van der Waals surface area contributed by atoms with Gasteiger partial charge in [-0.1, -0.05) is 37.2 Å². The van der Waals surface area contributed by atoms with Gasteiger partial charge in [0.15, 0.2) is 0 Å². The van der Waals surface area contributed by atoms with E-state index in [1.807, 2.05) is 6.92 Å². The lowest BCUT2D eigenvalue weighted by atomic mass is 9.82. The number of carbonyl (C=O) groups is 3. The molecule has 2 atom stereocenters. The molecule has 0 radical (unpaired) electrons. The molecule has 0 saturated carbocycles. The van der Waals surface area contributed by atoms with Crippen molar-refractivity contribution in [1.82, 2.24) is 4.90 Å². The summed E-state index contributed by atoms with van der Waals surface area (Å²) in [4.78, 5) is 51.1. The third-order valence-corrected chi connectivity index (χ3v) is 6.43. The Bertz CT molecular complexity index is 1070. The molecule has 2 heterocycles. The highest BCUT2D eigenvalue weighted by atomic mass is 32.2. The van der Waals surface area contributed by atoms with Gasteiger partial charge in [0.25, 0.3) is 5.69 Å². The van der Waals surface area contributed by atoms with E-state index in [1.165, 1.54) is 18.2 Å². The Morgan fingerprint density at radius 1 is 1.21 bits per heavy atom. The summed E-state index contributed by atoms with van der Waals surface area (Å²) in [6.07, 6.45) is 1.40. The summed E-state index contributed by atoms with van der Waals surface area (Å²) in [5.74, 6) is -3.18. The van der Waals surface area contributed by atoms with Crippen LogP contribution in [0.2, 0.25) is 0 Å². The maximum absolute atomic E-state index is 13.2. The molecule has 1 aromatic rings. The number of rotatable bonds is 8. The summed E-state index contributed by atoms with van der Waals surface area (Å²) in [5, 5.41) is 11.1. The van der Waals surface area contributed by atoms with Crippen molar-refractivity contribution in [3.05, 3.63) is 61.9 Å². The molecule has 0 aliphatic carbocycles. The van der Waals surface area contributed by atoms with E-state index in [9.17, 15) is 24.5 Å². The average Bonchev–Trinajstić information content (AvgIpc) is 3.08. The highest BCUT2D eigenvalue weighted by Gasteiger charge is 2.49. The van der Waals surface area contributed by atoms with Crippen LogP contribution in [0.4, 0.5) is 5.69 Å². The fraction of sp³-hybridized carbons (Fsp3) is 0.409. The van der Waals surface area contributed by atoms with E-state index in [2.05, 4.69) is 0 Å². The molecule has 1 saturated heterocycles. The molecule has 11 heteroatoms. The second-order valence-corrected chi connectivity index (χ2v) is 8.78. The number of thioether (sulfide) groups is 1. The number of fused-ring (bicyclic) bond motifs is 1. The van der Waals surface area contributed by atoms with Gasteiger partial charge < -0.3 is 15.2 Å². The SMILES string of the molecule is CCCCOC(=O)C1=C(N)N2C(=O)[C@H](C)SC2=C(C(=O)OCC)[C@H]1c1cccc([N+](=O)[O-])c1. The monoisotopic (exact) mass is 475 g/mol. The number of hydrogen-bond donors (Lipinski definition) is 1. The number of unbranched alkanes of at least 4 members (excludes halogenated alkanes) is 1. The number of nitrogens with two attached hydrogens (primary N) is 1. The number of hydrogen-bond acceptors (Lipinski definition) is 9. The Kier molecular flexibility index (Phi) is 7.42. The fourth-order valence-corrected chi connectivity index (χ4v) is 4.84. The predicted molar refractivity (Wildman–Crippen MR) is 120 cm³/mol. The minimum Gasteiger partial charge on any atom is -0.463 e. The minimum atomic E-state index is -1.10. The molecule has 3 rings (SSSR count). The number of benzene rings is 1. The third kappa shape index (κ3) is 4.58. The summed E-state index contributed by atoms with van der Waals surface area (Å²) < 4.78 is 10.6. The smallest absolute Gasteiger partial charge is 0.338 e. The van der Waals surface area contributed by atoms with E-state index < -0.39 is 28.0 Å². The number of ether oxygens (including phenoxy) is 2. The van der Waals surface area contributed by atoms with Gasteiger partial charge in [-0.25, -0.2) is 9.59 Å². The summed E-state index contributed by atoms with van der Waals surface area (Å²) in [6, 6.07) is 5.60. The van der Waals surface area contributed by atoms with E-state index in [0.717, 1.165) is 23.1 Å². The molecular formula is C22H25N3O7S. The Morgan fingerprint density at radius 2 is 1.91 bits per heavy atom. The zero-order chi connectivity index (χ0) is 24.3. The van der Waals surface area contributed by atoms with E-state index in [0.29, 0.717) is 6.42 Å². The summed E-state index contributed by atoms with van der Waals surface area (Å²) >= 11 is 1.12. The lowest BCUT2D eigenvalue weighted by molar-refractivity contribution is -0.384. The van der Waals surface area contributed by atoms with Crippen molar-refractivity contribution in [2.45, 2.75) is 44.8 Å². The first-order valence-corrected chi connectivity index (χ1v) is 11.4. The molecular weight excluding hydrogens is 450 g/mol. The number of amides is 1. The molecule has 0 aromatic heterocycles. The highest BCUT2D eigenvalue weighted by molar-refractivity contribution is 8.04. The standard InChI is InChI=1S/C22H25N3O7S/c1-4-6-10-32-21(27)16-15(13-8-7-9-14(11-13)25(29)30)17(22(28)31-5-2)20-24(18(16)23)19(26)12(3)33-20/h7-9,11-12,15H,4-6,10,23H2,1-3H3/t12-,15-/m0/s1. The van der Waals surface area contributed by atoms with Crippen molar-refractivity contribution >= 4 is 35.3 Å². The van der Waals surface area contributed by atoms with Gasteiger partial charge in [-0.3, -0.25) is 19.8 Å². The quantitative estimate of drug-likeness (QED) is 0.260. The Hall–Kier alpha value is -3.34. The topological polar surface area (TPSA) is 142 Å². The second kappa shape index (κ2) is 10.1. The Morgan fingerprint density at radius 3 is 2.55 bits per heavy atom. The third-order valence-electron chi connectivity index (χ3n) is 5.24. The van der Waals surface area contributed by atoms with Crippen LogP contribution in [-0.4, -0.2) is 46.1 Å². The minimum absolute atomic E-state index is 0.0247. The lowest BCUT2D eigenvalue weighted by Gasteiger charge is -2.33. The largest absolute Gasteiger partial charge is 0.463 e. The molecule has 2 aliphatic heterocycles. The van der Waals surface area contributed by atoms with Gasteiger partial charge in [0.2, 0.25) is 5.91 Å². The van der Waals surface area contributed by atoms with E-state index >= 15 is 0 Å². The van der Waals surface area contributed by atoms with Crippen molar-refractivity contribution in [1.29, 1.82) is 0 Å². The molecule has 33 heavy (non-hydrogen) atoms. The number of non-ortho nitro benzene ring substituents is 1. The zero-order valence-corrected chi connectivity index (χ0v) is 19.3. The first-order chi connectivity index (χ1) is 15.7. The van der Waals surface area contributed by atoms with Crippen molar-refractivity contribution in [2.24, 2.45) is 5.73 Å². The molecule has 0 bridgehead atoms. The van der Waals surface area contributed by atoms with Crippen LogP contribution < -0.4 is 5.73 Å². The maximum atomic E-state index is 13.2. The van der Waals surface area contributed by atoms with Crippen LogP contribution in [0.3, 0.4) is 0 Å². The predicted octanol–water partition coefficient (Wildman–Crippen LogP) is 2.94. The van der Waals surface area contributed by atoms with Crippen molar-refractivity contribution in [3.63, 3.8) is 0 Å².